The number of hydrogen-bond donors (Lipinski definition) is 1. The van der Waals surface area contributed by atoms with Crippen molar-refractivity contribution in [3.8, 4) is 0 Å². The van der Waals surface area contributed by atoms with Crippen molar-refractivity contribution in [1.29, 1.82) is 0 Å². The van der Waals surface area contributed by atoms with E-state index in [4.69, 9.17) is 16.3 Å². The molecular weight excluding hydrogens is 436 g/mol. The van der Waals surface area contributed by atoms with Gasteiger partial charge in [-0.1, -0.05) is 41.9 Å². The molecule has 0 aliphatic heterocycles. The van der Waals surface area contributed by atoms with Crippen LogP contribution in [0.1, 0.15) is 36.7 Å². The maximum absolute atomic E-state index is 12.7. The van der Waals surface area contributed by atoms with Crippen LogP contribution in [-0.4, -0.2) is 16.1 Å². The van der Waals surface area contributed by atoms with Gasteiger partial charge in [-0.3, -0.25) is 4.79 Å². The number of rotatable bonds is 5. The van der Waals surface area contributed by atoms with E-state index >= 15 is 0 Å². The summed E-state index contributed by atoms with van der Waals surface area (Å²) in [6.07, 6.45) is 0. The van der Waals surface area contributed by atoms with Crippen LogP contribution in [0.5, 0.6) is 0 Å². The van der Waals surface area contributed by atoms with E-state index in [9.17, 15) is 9.59 Å². The fraction of sp³-hybridized carbons (Fsp3) is 0.185. The van der Waals surface area contributed by atoms with E-state index in [-0.39, 0.29) is 5.56 Å². The first-order chi connectivity index (χ1) is 15.7. The zero-order valence-corrected chi connectivity index (χ0v) is 19.5. The van der Waals surface area contributed by atoms with Gasteiger partial charge >= 0.3 is 5.97 Å². The summed E-state index contributed by atoms with van der Waals surface area (Å²) in [5, 5.41) is 4.65. The van der Waals surface area contributed by atoms with Crippen LogP contribution >= 0.6 is 11.6 Å². The van der Waals surface area contributed by atoms with Crippen LogP contribution in [-0.2, 0) is 11.3 Å². The second-order valence-electron chi connectivity index (χ2n) is 8.83. The molecule has 0 unspecified atom stereocenters. The highest BCUT2D eigenvalue weighted by Gasteiger charge is 2.21. The number of hydrogen-bond acceptors (Lipinski definition) is 4. The van der Waals surface area contributed by atoms with Crippen molar-refractivity contribution >= 4 is 39.8 Å². The van der Waals surface area contributed by atoms with Gasteiger partial charge in [0.2, 0.25) is 0 Å². The summed E-state index contributed by atoms with van der Waals surface area (Å²) in [7, 11) is 0. The average molecular weight is 461 g/mol. The first-order valence-corrected chi connectivity index (χ1v) is 11.0. The molecule has 0 atom stereocenters. The third kappa shape index (κ3) is 5.44. The zero-order valence-electron chi connectivity index (χ0n) is 18.8. The summed E-state index contributed by atoms with van der Waals surface area (Å²) in [6, 6.07) is 24.1. The van der Waals surface area contributed by atoms with Gasteiger partial charge < -0.3 is 14.6 Å². The smallest absolute Gasteiger partial charge is 0.340 e. The van der Waals surface area contributed by atoms with E-state index < -0.39 is 11.6 Å². The molecule has 33 heavy (non-hydrogen) atoms. The molecule has 4 aromatic rings. The monoisotopic (exact) mass is 460 g/mol. The van der Waals surface area contributed by atoms with Gasteiger partial charge in [0, 0.05) is 22.2 Å². The predicted octanol–water partition coefficient (Wildman–Crippen LogP) is 6.40. The molecule has 5 nitrogen and oxygen atoms in total. The number of aromatic nitrogens is 1. The molecular formula is C27H25ClN2O3. The number of nitrogens with one attached hydrogen (secondary N) is 1. The lowest BCUT2D eigenvalue weighted by Crippen LogP contribution is -2.24. The summed E-state index contributed by atoms with van der Waals surface area (Å²) in [4.78, 5) is 25.3. The van der Waals surface area contributed by atoms with E-state index in [2.05, 4.69) is 5.32 Å². The fourth-order valence-electron chi connectivity index (χ4n) is 3.59. The van der Waals surface area contributed by atoms with Crippen molar-refractivity contribution in [3.63, 3.8) is 0 Å². The highest BCUT2D eigenvalue weighted by atomic mass is 35.5. The van der Waals surface area contributed by atoms with E-state index in [1.807, 2.05) is 69.3 Å². The highest BCUT2D eigenvalue weighted by Crippen LogP contribution is 2.28. The molecule has 0 aliphatic carbocycles. The van der Waals surface area contributed by atoms with Crippen molar-refractivity contribution in [3.05, 3.63) is 105 Å². The maximum Gasteiger partial charge on any atom is 0.340 e. The zero-order chi connectivity index (χ0) is 23.6. The number of pyridine rings is 1. The Bertz CT molecular complexity index is 1370. The van der Waals surface area contributed by atoms with E-state index in [1.54, 1.807) is 34.9 Å². The van der Waals surface area contributed by atoms with Gasteiger partial charge in [0.25, 0.3) is 5.56 Å². The minimum atomic E-state index is -0.623. The Morgan fingerprint density at radius 2 is 1.73 bits per heavy atom. The van der Waals surface area contributed by atoms with Gasteiger partial charge in [-0.05, 0) is 68.8 Å². The lowest BCUT2D eigenvalue weighted by molar-refractivity contribution is 0.00707. The Morgan fingerprint density at radius 1 is 0.970 bits per heavy atom. The second-order valence-corrected chi connectivity index (χ2v) is 9.27. The van der Waals surface area contributed by atoms with E-state index in [0.29, 0.717) is 22.8 Å². The number of benzene rings is 3. The van der Waals surface area contributed by atoms with Crippen molar-refractivity contribution in [2.24, 2.45) is 0 Å². The molecule has 3 aromatic carbocycles. The number of anilines is 2. The fourth-order valence-corrected chi connectivity index (χ4v) is 3.77. The molecule has 0 saturated carbocycles. The first kappa shape index (κ1) is 22.6. The summed E-state index contributed by atoms with van der Waals surface area (Å²) >= 11 is 6.14. The highest BCUT2D eigenvalue weighted by molar-refractivity contribution is 6.31. The topological polar surface area (TPSA) is 60.3 Å². The predicted molar refractivity (Wildman–Crippen MR) is 134 cm³/mol. The Morgan fingerprint density at radius 3 is 2.45 bits per heavy atom. The molecule has 1 aromatic heterocycles. The molecule has 1 heterocycles. The van der Waals surface area contributed by atoms with Gasteiger partial charge in [-0.25, -0.2) is 4.79 Å². The van der Waals surface area contributed by atoms with Crippen LogP contribution in [0.3, 0.4) is 0 Å². The number of carbonyl (C=O) groups is 1. The molecule has 168 valence electrons. The lowest BCUT2D eigenvalue weighted by atomic mass is 10.1. The van der Waals surface area contributed by atoms with Gasteiger partial charge in [-0.15, -0.1) is 0 Å². The van der Waals surface area contributed by atoms with Gasteiger partial charge in [-0.2, -0.15) is 0 Å². The third-order valence-corrected chi connectivity index (χ3v) is 5.29. The Balaban J connectivity index is 1.68. The lowest BCUT2D eigenvalue weighted by Gasteiger charge is -2.21. The van der Waals surface area contributed by atoms with Gasteiger partial charge in [0.15, 0.2) is 0 Å². The van der Waals surface area contributed by atoms with Crippen LogP contribution in [0.25, 0.3) is 10.9 Å². The van der Waals surface area contributed by atoms with Crippen molar-refractivity contribution < 1.29 is 9.53 Å². The SMILES string of the molecule is CC(C)(C)OC(=O)c1cc(Cl)ccc1Nc1ccc2c(ccc(=O)n2Cc2ccccc2)c1. The summed E-state index contributed by atoms with van der Waals surface area (Å²) in [5.74, 6) is -0.454. The first-order valence-electron chi connectivity index (χ1n) is 10.7. The minimum absolute atomic E-state index is 0.0584. The number of esters is 1. The van der Waals surface area contributed by atoms with Gasteiger partial charge in [0.05, 0.1) is 23.3 Å². The molecule has 0 aliphatic rings. The normalized spacial score (nSPS) is 11.4. The van der Waals surface area contributed by atoms with Crippen LogP contribution in [0.2, 0.25) is 5.02 Å². The Hall–Kier alpha value is -3.57. The van der Waals surface area contributed by atoms with Crippen LogP contribution in [0, 0.1) is 0 Å². The number of halogens is 1. The van der Waals surface area contributed by atoms with Gasteiger partial charge in [0.1, 0.15) is 5.60 Å². The van der Waals surface area contributed by atoms with Crippen molar-refractivity contribution in [2.45, 2.75) is 32.9 Å². The summed E-state index contributed by atoms with van der Waals surface area (Å²) < 4.78 is 7.29. The standard InChI is InChI=1S/C27H25ClN2O3/c1-27(2,3)33-26(32)22-16-20(28)10-12-23(22)29-21-11-13-24-19(15-21)9-14-25(31)30(24)17-18-7-5-4-6-8-18/h4-16,29H,17H2,1-3H3. The van der Waals surface area contributed by atoms with E-state index in [1.165, 1.54) is 0 Å². The molecule has 0 saturated heterocycles. The number of ether oxygens (including phenoxy) is 1. The Labute approximate surface area is 197 Å². The van der Waals surface area contributed by atoms with Crippen LogP contribution in [0.4, 0.5) is 11.4 Å². The Kier molecular flexibility index (Phi) is 6.25. The molecule has 1 N–H and O–H groups in total. The van der Waals surface area contributed by atoms with Crippen LogP contribution in [0.15, 0.2) is 83.7 Å². The quantitative estimate of drug-likeness (QED) is 0.350. The number of carbonyl (C=O) groups excluding carboxylic acids is 1. The van der Waals surface area contributed by atoms with Crippen molar-refractivity contribution in [2.75, 3.05) is 5.32 Å². The molecule has 0 spiro atoms. The average Bonchev–Trinajstić information content (AvgIpc) is 2.76. The molecule has 0 radical (unpaired) electrons. The molecule has 4 rings (SSSR count). The minimum Gasteiger partial charge on any atom is -0.456 e. The summed E-state index contributed by atoms with van der Waals surface area (Å²) in [6.45, 7) is 5.95. The molecule has 0 amide bonds. The largest absolute Gasteiger partial charge is 0.456 e. The van der Waals surface area contributed by atoms with E-state index in [0.717, 1.165) is 22.2 Å². The molecule has 0 bridgehead atoms. The maximum atomic E-state index is 12.7. The van der Waals surface area contributed by atoms with Crippen molar-refractivity contribution in [1.82, 2.24) is 4.57 Å². The number of fused-ring (bicyclic) bond motifs is 1. The molecule has 0 fully saturated rings. The van der Waals surface area contributed by atoms with Crippen LogP contribution < -0.4 is 10.9 Å². The summed E-state index contributed by atoms with van der Waals surface area (Å²) in [5.41, 5.74) is 2.92. The third-order valence-electron chi connectivity index (χ3n) is 5.05. The number of nitrogens with zero attached hydrogens (tertiary/aromatic N) is 1. The second kappa shape index (κ2) is 9.12. The molecule has 6 heteroatoms.